The van der Waals surface area contributed by atoms with Gasteiger partial charge in [0.2, 0.25) is 23.6 Å². The standard InChI is InChI=1S/C29H26N4O10/c1-4-43-28(38)21-13(2)18-19-22(26(36)30(24(19)34)14-9-5-7-11-16(14)32(39)40)29(21,3)23-20(18)25(35)31(27(23)37)15-10-6-8-12-17(15)33(41)42/h5-12,18-20,22-23,39,41H,4H2,1-3H3/q-2/t18?,19-,20-,22-,23?,29?/m0/s1. The molecule has 3 fully saturated rings. The van der Waals surface area contributed by atoms with Gasteiger partial charge in [0.05, 0.1) is 53.0 Å². The summed E-state index contributed by atoms with van der Waals surface area (Å²) < 4.78 is 5.34. The smallest absolute Gasteiger partial charge is 0.334 e. The zero-order chi connectivity index (χ0) is 31.1. The van der Waals surface area contributed by atoms with Crippen LogP contribution in [0.25, 0.3) is 0 Å². The van der Waals surface area contributed by atoms with Crippen LogP contribution >= 0.6 is 0 Å². The first-order chi connectivity index (χ1) is 20.4. The minimum Gasteiger partial charge on any atom is -0.733 e. The van der Waals surface area contributed by atoms with Crippen molar-refractivity contribution in [1.29, 1.82) is 0 Å². The second kappa shape index (κ2) is 9.70. The third-order valence-electron chi connectivity index (χ3n) is 9.34. The number of carbonyl (C=O) groups excluding carboxylic acids is 5. The van der Waals surface area contributed by atoms with E-state index in [4.69, 9.17) is 4.74 Å². The van der Waals surface area contributed by atoms with Crippen molar-refractivity contribution in [2.45, 2.75) is 20.8 Å². The van der Waals surface area contributed by atoms with Crippen LogP contribution in [0, 0.1) is 45.4 Å². The summed E-state index contributed by atoms with van der Waals surface area (Å²) in [6.07, 6.45) is 0. The van der Waals surface area contributed by atoms with Crippen molar-refractivity contribution < 1.29 is 39.1 Å². The number of amides is 4. The molecule has 2 aromatic carbocycles. The van der Waals surface area contributed by atoms with Crippen LogP contribution in [0.4, 0.5) is 22.7 Å². The van der Waals surface area contributed by atoms with Crippen LogP contribution in [-0.4, -0.2) is 46.6 Å². The van der Waals surface area contributed by atoms with Gasteiger partial charge in [-0.1, -0.05) is 36.8 Å². The second-order valence-corrected chi connectivity index (χ2v) is 11.1. The third-order valence-corrected chi connectivity index (χ3v) is 9.34. The quantitative estimate of drug-likeness (QED) is 0.284. The molecule has 2 heterocycles. The van der Waals surface area contributed by atoms with Crippen molar-refractivity contribution in [1.82, 2.24) is 0 Å². The van der Waals surface area contributed by atoms with Gasteiger partial charge in [-0.3, -0.25) is 29.6 Å². The summed E-state index contributed by atoms with van der Waals surface area (Å²) in [5, 5.41) is 42.3. The van der Waals surface area contributed by atoms with Crippen molar-refractivity contribution >= 4 is 52.3 Å². The van der Waals surface area contributed by atoms with Gasteiger partial charge in [0, 0.05) is 16.9 Å². The lowest BCUT2D eigenvalue weighted by Gasteiger charge is -2.55. The van der Waals surface area contributed by atoms with Gasteiger partial charge in [-0.25, -0.2) is 14.6 Å². The molecule has 2 aliphatic heterocycles. The predicted molar refractivity (Wildman–Crippen MR) is 148 cm³/mol. The number of nitrogens with zero attached hydrogens (tertiary/aromatic N) is 4. The number of hydrogen-bond donors (Lipinski definition) is 2. The molecular formula is C29H26N4O10-2. The van der Waals surface area contributed by atoms with Gasteiger partial charge in [-0.15, -0.1) is 0 Å². The van der Waals surface area contributed by atoms with Gasteiger partial charge < -0.3 is 25.6 Å². The summed E-state index contributed by atoms with van der Waals surface area (Å²) in [5.74, 6) is -10.1. The highest BCUT2D eigenvalue weighted by Gasteiger charge is 2.77. The highest BCUT2D eigenvalue weighted by atomic mass is 16.8. The summed E-state index contributed by atoms with van der Waals surface area (Å²) >= 11 is 0. The molecule has 3 aliphatic carbocycles. The molecular weight excluding hydrogens is 564 g/mol. The van der Waals surface area contributed by atoms with Crippen LogP contribution in [0.5, 0.6) is 0 Å². The lowest BCUT2D eigenvalue weighted by Crippen LogP contribution is -2.61. The van der Waals surface area contributed by atoms with E-state index in [9.17, 15) is 44.8 Å². The molecule has 5 aliphatic rings. The van der Waals surface area contributed by atoms with Gasteiger partial charge >= 0.3 is 5.97 Å². The molecule has 14 nitrogen and oxygen atoms in total. The van der Waals surface area contributed by atoms with E-state index < -0.39 is 75.1 Å². The average Bonchev–Trinajstić information content (AvgIpc) is 3.39. The van der Waals surface area contributed by atoms with Crippen molar-refractivity contribution in [2.24, 2.45) is 35.0 Å². The number of anilines is 4. The van der Waals surface area contributed by atoms with E-state index in [1.165, 1.54) is 55.5 Å². The molecule has 224 valence electrons. The van der Waals surface area contributed by atoms with Crippen molar-refractivity contribution in [3.8, 4) is 0 Å². The van der Waals surface area contributed by atoms with Crippen molar-refractivity contribution in [2.75, 3.05) is 26.9 Å². The Labute approximate surface area is 244 Å². The molecule has 4 amide bonds. The largest absolute Gasteiger partial charge is 0.733 e. The van der Waals surface area contributed by atoms with Crippen LogP contribution in [0.3, 0.4) is 0 Å². The van der Waals surface area contributed by atoms with E-state index in [1.54, 1.807) is 13.8 Å². The monoisotopic (exact) mass is 590 g/mol. The second-order valence-electron chi connectivity index (χ2n) is 11.1. The maximum atomic E-state index is 14.3. The normalized spacial score (nSPS) is 29.3. The molecule has 2 aromatic rings. The zero-order valence-corrected chi connectivity index (χ0v) is 23.2. The van der Waals surface area contributed by atoms with Gasteiger partial charge in [0.25, 0.3) is 0 Å². The van der Waals surface area contributed by atoms with E-state index >= 15 is 0 Å². The third kappa shape index (κ3) is 3.57. The molecule has 2 saturated heterocycles. The van der Waals surface area contributed by atoms with Gasteiger partial charge in [0.1, 0.15) is 0 Å². The van der Waals surface area contributed by atoms with Crippen LogP contribution < -0.4 is 20.3 Å². The molecule has 2 bridgehead atoms. The summed E-state index contributed by atoms with van der Waals surface area (Å²) in [4.78, 5) is 71.8. The van der Waals surface area contributed by atoms with E-state index in [0.29, 0.717) is 5.57 Å². The molecule has 0 aromatic heterocycles. The minimum absolute atomic E-state index is 0.00893. The predicted octanol–water partition coefficient (Wildman–Crippen LogP) is 2.51. The Morgan fingerprint density at radius 3 is 1.63 bits per heavy atom. The van der Waals surface area contributed by atoms with Crippen molar-refractivity contribution in [3.05, 3.63) is 70.1 Å². The fourth-order valence-electron chi connectivity index (χ4n) is 7.91. The Bertz CT molecular complexity index is 1540. The van der Waals surface area contributed by atoms with Crippen LogP contribution in [-0.2, 0) is 28.7 Å². The summed E-state index contributed by atoms with van der Waals surface area (Å²) in [6.45, 7) is 4.60. The van der Waals surface area contributed by atoms with E-state index in [-0.39, 0.29) is 34.9 Å². The van der Waals surface area contributed by atoms with E-state index in [1.807, 2.05) is 0 Å². The molecule has 0 spiro atoms. The summed E-state index contributed by atoms with van der Waals surface area (Å²) in [7, 11) is 0. The first-order valence-electron chi connectivity index (χ1n) is 13.5. The van der Waals surface area contributed by atoms with Gasteiger partial charge in [0.15, 0.2) is 0 Å². The molecule has 6 atom stereocenters. The molecule has 43 heavy (non-hydrogen) atoms. The minimum atomic E-state index is -1.74. The molecule has 14 heteroatoms. The topological polar surface area (TPSA) is 194 Å². The zero-order valence-electron chi connectivity index (χ0n) is 23.2. The first kappa shape index (κ1) is 28.5. The number of carbonyl (C=O) groups is 5. The Kier molecular flexibility index (Phi) is 6.43. The van der Waals surface area contributed by atoms with Gasteiger partial charge in [-0.2, -0.15) is 0 Å². The number of imide groups is 2. The fraction of sp³-hybridized carbons (Fsp3) is 0.345. The molecule has 3 unspecified atom stereocenters. The number of benzene rings is 2. The van der Waals surface area contributed by atoms with Crippen LogP contribution in [0.2, 0.25) is 0 Å². The lowest BCUT2D eigenvalue weighted by atomic mass is 9.43. The van der Waals surface area contributed by atoms with Crippen LogP contribution in [0.1, 0.15) is 20.8 Å². The highest BCUT2D eigenvalue weighted by Crippen LogP contribution is 2.69. The molecule has 1 saturated carbocycles. The van der Waals surface area contributed by atoms with Crippen LogP contribution in [0.15, 0.2) is 59.7 Å². The Morgan fingerprint density at radius 2 is 1.23 bits per heavy atom. The van der Waals surface area contributed by atoms with Crippen molar-refractivity contribution in [3.63, 3.8) is 0 Å². The first-order valence-corrected chi connectivity index (χ1v) is 13.5. The van der Waals surface area contributed by atoms with E-state index in [2.05, 4.69) is 0 Å². The number of hydrogen-bond acceptors (Lipinski definition) is 12. The Balaban J connectivity index is 1.56. The summed E-state index contributed by atoms with van der Waals surface area (Å²) in [5.41, 5.74) is -2.56. The van der Waals surface area contributed by atoms with Gasteiger partial charge in [-0.05, 0) is 38.1 Å². The maximum absolute atomic E-state index is 14.3. The number of ether oxygens (including phenoxy) is 1. The SMILES string of the molecule is CCOC(=O)C1=C(C)C2[C@@H]3C(=O)N(c4ccccc4N([O-])O)C(=O)C3C1(C)[C@@H]1C(=O)N(c3ccccc3N([O-])O)C(=O)[C@@H]21. The number of para-hydroxylation sites is 4. The summed E-state index contributed by atoms with van der Waals surface area (Å²) in [6, 6.07) is 10.8. The highest BCUT2D eigenvalue weighted by molar-refractivity contribution is 6.28. The maximum Gasteiger partial charge on any atom is 0.334 e. The number of rotatable bonds is 6. The Hall–Kier alpha value is -4.63. The lowest BCUT2D eigenvalue weighted by molar-refractivity contribution is -0.155. The molecule has 2 N–H and O–H groups in total. The fourth-order valence-corrected chi connectivity index (χ4v) is 7.91. The number of allylic oxidation sites excluding steroid dienone is 1. The van der Waals surface area contributed by atoms with E-state index in [0.717, 1.165) is 9.80 Å². The molecule has 7 rings (SSSR count). The average molecular weight is 591 g/mol. The molecule has 0 radical (unpaired) electrons. The number of esters is 1. The Morgan fingerprint density at radius 1 is 0.814 bits per heavy atom.